The van der Waals surface area contributed by atoms with Crippen molar-refractivity contribution in [3.8, 4) is 0 Å². The first-order chi connectivity index (χ1) is 3.15. The van der Waals surface area contributed by atoms with Crippen molar-refractivity contribution in [2.45, 2.75) is 6.92 Å². The lowest BCUT2D eigenvalue weighted by Gasteiger charge is -1.57. The minimum Gasteiger partial charge on any atom is -0.298 e. The molecule has 0 aromatic carbocycles. The molecule has 0 aromatic heterocycles. The summed E-state index contributed by atoms with van der Waals surface area (Å²) in [4.78, 5) is 14.2. The Kier molecular flexibility index (Phi) is 57.7. The molecular weight excluding hydrogens is 206 g/mol. The Morgan fingerprint density at radius 2 is 1.44 bits per heavy atom. The standard InChI is InChI=1S/C2H6S.2ClH.H2O3P/c1-2-3;;;1-4(2)3/h3H,2H2,1H3;2*1H;(H2,1,2,3). The van der Waals surface area contributed by atoms with Crippen LogP contribution < -0.4 is 0 Å². The predicted octanol–water partition coefficient (Wildman–Crippen LogP) is 1.41. The van der Waals surface area contributed by atoms with E-state index in [9.17, 15) is 0 Å². The molecule has 0 aliphatic heterocycles. The Balaban J connectivity index is -0.0000000233. The van der Waals surface area contributed by atoms with Crippen LogP contribution in [0.5, 0.6) is 0 Å². The number of rotatable bonds is 0. The zero-order valence-corrected chi connectivity index (χ0v) is 8.14. The van der Waals surface area contributed by atoms with Crippen molar-refractivity contribution < 1.29 is 14.4 Å². The molecule has 0 aliphatic rings. The van der Waals surface area contributed by atoms with Crippen molar-refractivity contribution in [2.24, 2.45) is 0 Å². The molecule has 2 N–H and O–H groups in total. The molecule has 0 fully saturated rings. The Morgan fingerprint density at radius 1 is 1.44 bits per heavy atom. The third kappa shape index (κ3) is 479. The minimum absolute atomic E-state index is 0. The Hall–Kier alpha value is 0.950. The Bertz CT molecular complexity index is 51.1. The molecule has 1 radical (unpaired) electrons. The molecule has 0 amide bonds. The second-order valence-corrected chi connectivity index (χ2v) is 1.71. The first-order valence-electron chi connectivity index (χ1n) is 1.61. The number of hydrogen-bond donors (Lipinski definition) is 3. The van der Waals surface area contributed by atoms with Crippen LogP contribution in [0.4, 0.5) is 0 Å². The van der Waals surface area contributed by atoms with E-state index in [1.54, 1.807) is 0 Å². The SMILES string of the molecule is CCS.Cl.Cl.O=[P](O)O. The van der Waals surface area contributed by atoms with Gasteiger partial charge in [-0.1, -0.05) is 6.92 Å². The lowest BCUT2D eigenvalue weighted by molar-refractivity contribution is 0.405. The molecule has 0 rings (SSSR count). The van der Waals surface area contributed by atoms with Crippen LogP contribution in [0.25, 0.3) is 0 Å². The molecule has 3 nitrogen and oxygen atoms in total. The molecule has 0 aromatic rings. The van der Waals surface area contributed by atoms with Crippen molar-refractivity contribution in [3.05, 3.63) is 0 Å². The van der Waals surface area contributed by atoms with Crippen LogP contribution in [-0.4, -0.2) is 15.5 Å². The van der Waals surface area contributed by atoms with E-state index in [1.807, 2.05) is 6.92 Å². The fourth-order valence-corrected chi connectivity index (χ4v) is 0. The average Bonchev–Trinajstić information content (AvgIpc) is 1.33. The average molecular weight is 216 g/mol. The zero-order valence-electron chi connectivity index (χ0n) is 4.72. The van der Waals surface area contributed by atoms with Gasteiger partial charge in [0.2, 0.25) is 0 Å². The summed E-state index contributed by atoms with van der Waals surface area (Å²) in [6, 6.07) is 0. The maximum Gasteiger partial charge on any atom is 0.363 e. The van der Waals surface area contributed by atoms with E-state index in [2.05, 4.69) is 12.6 Å². The van der Waals surface area contributed by atoms with Crippen molar-refractivity contribution >= 4 is 45.7 Å². The van der Waals surface area contributed by atoms with Gasteiger partial charge >= 0.3 is 8.25 Å². The molecule has 0 atom stereocenters. The third-order valence-electron chi connectivity index (χ3n) is 0. The van der Waals surface area contributed by atoms with Crippen molar-refractivity contribution in [1.29, 1.82) is 0 Å². The lowest BCUT2D eigenvalue weighted by Crippen LogP contribution is -1.38. The monoisotopic (exact) mass is 215 g/mol. The Labute approximate surface area is 73.0 Å². The van der Waals surface area contributed by atoms with Gasteiger partial charge in [-0.3, -0.25) is 9.79 Å². The van der Waals surface area contributed by atoms with Gasteiger partial charge in [0.25, 0.3) is 0 Å². The second-order valence-electron chi connectivity index (χ2n) is 0.569. The maximum atomic E-state index is 8.70. The summed E-state index contributed by atoms with van der Waals surface area (Å²) in [6.45, 7) is 1.99. The van der Waals surface area contributed by atoms with Gasteiger partial charge in [0.1, 0.15) is 0 Å². The lowest BCUT2D eigenvalue weighted by atomic mass is 11.0. The van der Waals surface area contributed by atoms with Gasteiger partial charge in [0.05, 0.1) is 0 Å². The van der Waals surface area contributed by atoms with Gasteiger partial charge in [0, 0.05) is 0 Å². The molecule has 0 heterocycles. The highest BCUT2D eigenvalue weighted by Crippen LogP contribution is 1.98. The van der Waals surface area contributed by atoms with Crippen molar-refractivity contribution in [2.75, 3.05) is 5.75 Å². The number of halogens is 2. The molecule has 61 valence electrons. The van der Waals surface area contributed by atoms with E-state index < -0.39 is 8.25 Å². The summed E-state index contributed by atoms with van der Waals surface area (Å²) < 4.78 is 8.70. The summed E-state index contributed by atoms with van der Waals surface area (Å²) >= 11 is 3.79. The predicted molar refractivity (Wildman–Crippen MR) is 46.1 cm³/mol. The number of thiol groups is 1. The van der Waals surface area contributed by atoms with Crippen LogP contribution >= 0.6 is 45.7 Å². The van der Waals surface area contributed by atoms with Gasteiger partial charge in [-0.2, -0.15) is 12.6 Å². The first kappa shape index (κ1) is 22.5. The smallest absolute Gasteiger partial charge is 0.298 e. The summed E-state index contributed by atoms with van der Waals surface area (Å²) in [6.07, 6.45) is 0. The first-order valence-corrected chi connectivity index (χ1v) is 3.40. The van der Waals surface area contributed by atoms with Gasteiger partial charge in [-0.25, -0.2) is 4.57 Å². The minimum atomic E-state index is -2.87. The van der Waals surface area contributed by atoms with Gasteiger partial charge in [-0.15, -0.1) is 24.8 Å². The fourth-order valence-electron chi connectivity index (χ4n) is 0. The highest BCUT2D eigenvalue weighted by molar-refractivity contribution is 7.80. The normalized spacial score (nSPS) is 4.89. The van der Waals surface area contributed by atoms with Crippen molar-refractivity contribution in [3.63, 3.8) is 0 Å². The molecule has 0 bridgehead atoms. The molecule has 7 heteroatoms. The summed E-state index contributed by atoms with van der Waals surface area (Å²) in [5, 5.41) is 0. The van der Waals surface area contributed by atoms with E-state index in [0.717, 1.165) is 5.75 Å². The van der Waals surface area contributed by atoms with E-state index in [4.69, 9.17) is 14.4 Å². The summed E-state index contributed by atoms with van der Waals surface area (Å²) in [5.74, 6) is 0.944. The highest BCUT2D eigenvalue weighted by atomic mass is 35.5. The largest absolute Gasteiger partial charge is 0.363 e. The zero-order chi connectivity index (χ0) is 6.28. The van der Waals surface area contributed by atoms with Crippen LogP contribution in [-0.2, 0) is 4.57 Å². The second kappa shape index (κ2) is 23.1. The topological polar surface area (TPSA) is 57.5 Å². The van der Waals surface area contributed by atoms with Gasteiger partial charge in [0.15, 0.2) is 0 Å². The fraction of sp³-hybridized carbons (Fsp3) is 1.00. The maximum absolute atomic E-state index is 8.70. The van der Waals surface area contributed by atoms with E-state index >= 15 is 0 Å². The molecule has 0 unspecified atom stereocenters. The molecular formula is C2H10Cl2O3PS. The molecule has 0 saturated heterocycles. The van der Waals surface area contributed by atoms with Crippen LogP contribution in [0.2, 0.25) is 0 Å². The highest BCUT2D eigenvalue weighted by Gasteiger charge is 1.65. The van der Waals surface area contributed by atoms with Gasteiger partial charge < -0.3 is 0 Å². The Morgan fingerprint density at radius 3 is 1.44 bits per heavy atom. The van der Waals surface area contributed by atoms with Crippen LogP contribution in [0.1, 0.15) is 6.92 Å². The molecule has 9 heavy (non-hydrogen) atoms. The van der Waals surface area contributed by atoms with Gasteiger partial charge in [-0.05, 0) is 5.75 Å². The summed E-state index contributed by atoms with van der Waals surface area (Å²) in [5.41, 5.74) is 0. The number of hydrogen-bond acceptors (Lipinski definition) is 2. The molecule has 0 aliphatic carbocycles. The van der Waals surface area contributed by atoms with Crippen LogP contribution in [0.15, 0.2) is 0 Å². The molecule has 0 saturated carbocycles. The molecule has 0 spiro atoms. The van der Waals surface area contributed by atoms with E-state index in [-0.39, 0.29) is 24.8 Å². The van der Waals surface area contributed by atoms with Crippen LogP contribution in [0.3, 0.4) is 0 Å². The van der Waals surface area contributed by atoms with E-state index in [0.29, 0.717) is 0 Å². The van der Waals surface area contributed by atoms with Crippen molar-refractivity contribution in [1.82, 2.24) is 0 Å². The van der Waals surface area contributed by atoms with E-state index in [1.165, 1.54) is 0 Å². The third-order valence-corrected chi connectivity index (χ3v) is 0. The van der Waals surface area contributed by atoms with Crippen LogP contribution in [0, 0.1) is 0 Å². The quantitative estimate of drug-likeness (QED) is 0.423. The summed E-state index contributed by atoms with van der Waals surface area (Å²) in [7, 11) is -2.87.